The lowest BCUT2D eigenvalue weighted by Gasteiger charge is -2.40. The summed E-state index contributed by atoms with van der Waals surface area (Å²) in [5.74, 6) is 1.60. The number of amides is 1. The molecule has 2 aromatic carbocycles. The first-order valence-corrected chi connectivity index (χ1v) is 9.17. The monoisotopic (exact) mass is 377 g/mol. The number of hydrogen-bond donors (Lipinski definition) is 3. The molecule has 1 amide bonds. The summed E-state index contributed by atoms with van der Waals surface area (Å²) in [5, 5.41) is 11.1. The van der Waals surface area contributed by atoms with Crippen LogP contribution in [0.15, 0.2) is 54.6 Å². The van der Waals surface area contributed by atoms with Crippen molar-refractivity contribution in [2.75, 3.05) is 25.5 Å². The maximum Gasteiger partial charge on any atom is 0.254 e. The number of carbonyl (C=O) groups excluding carboxylic acids is 1. The molecule has 4 N–H and O–H groups in total. The predicted molar refractivity (Wildman–Crippen MR) is 109 cm³/mol. The highest BCUT2D eigenvalue weighted by atomic mass is 16.5. The highest BCUT2D eigenvalue weighted by Crippen LogP contribution is 2.35. The van der Waals surface area contributed by atoms with Crippen molar-refractivity contribution >= 4 is 11.7 Å². The van der Waals surface area contributed by atoms with E-state index in [0.29, 0.717) is 22.8 Å². The molecule has 0 spiro atoms. The number of benzene rings is 2. The molecule has 0 radical (unpaired) electrons. The first-order chi connectivity index (χ1) is 13.5. The van der Waals surface area contributed by atoms with Crippen molar-refractivity contribution in [2.24, 2.45) is 5.73 Å². The highest BCUT2D eigenvalue weighted by Gasteiger charge is 2.38. The van der Waals surface area contributed by atoms with Crippen LogP contribution in [0.4, 0.5) is 5.82 Å². The number of aromatic nitrogens is 2. The Morgan fingerprint density at radius 2 is 1.79 bits per heavy atom. The highest BCUT2D eigenvalue weighted by molar-refractivity contribution is 6.03. The topological polar surface area (TPSA) is 94.2 Å². The minimum Gasteiger partial charge on any atom is -0.457 e. The van der Waals surface area contributed by atoms with Gasteiger partial charge in [-0.1, -0.05) is 18.2 Å². The van der Waals surface area contributed by atoms with E-state index in [9.17, 15) is 4.79 Å². The zero-order valence-electron chi connectivity index (χ0n) is 15.9. The maximum atomic E-state index is 12.2. The smallest absolute Gasteiger partial charge is 0.254 e. The fourth-order valence-electron chi connectivity index (χ4n) is 3.42. The number of ether oxygens (including phenoxy) is 1. The molecule has 0 aliphatic carbocycles. The third kappa shape index (κ3) is 3.10. The summed E-state index contributed by atoms with van der Waals surface area (Å²) in [4.78, 5) is 12.2. The lowest BCUT2D eigenvalue weighted by Crippen LogP contribution is -2.59. The van der Waals surface area contributed by atoms with Crippen LogP contribution in [0.3, 0.4) is 0 Å². The Kier molecular flexibility index (Phi) is 4.52. The molecular weight excluding hydrogens is 354 g/mol. The van der Waals surface area contributed by atoms with Gasteiger partial charge in [-0.2, -0.15) is 5.10 Å². The summed E-state index contributed by atoms with van der Waals surface area (Å²) in [5.41, 5.74) is 7.27. The van der Waals surface area contributed by atoms with Gasteiger partial charge in [0.05, 0.1) is 5.54 Å². The Morgan fingerprint density at radius 1 is 1.14 bits per heavy atom. The number of nitrogens with two attached hydrogens (primary N) is 1. The van der Waals surface area contributed by atoms with Gasteiger partial charge < -0.3 is 21.1 Å². The lowest BCUT2D eigenvalue weighted by atomic mass is 9.95. The summed E-state index contributed by atoms with van der Waals surface area (Å²) in [6.45, 7) is 3.67. The van der Waals surface area contributed by atoms with Gasteiger partial charge in [-0.25, -0.2) is 4.68 Å². The van der Waals surface area contributed by atoms with Gasteiger partial charge >= 0.3 is 0 Å². The van der Waals surface area contributed by atoms with Gasteiger partial charge in [0, 0.05) is 25.7 Å². The molecule has 4 rings (SSSR count). The largest absolute Gasteiger partial charge is 0.457 e. The first-order valence-electron chi connectivity index (χ1n) is 9.17. The molecule has 0 bridgehead atoms. The number of nitrogens with zero attached hydrogens (tertiary/aromatic N) is 2. The Hall–Kier alpha value is -3.32. The van der Waals surface area contributed by atoms with E-state index < -0.39 is 5.91 Å². The van der Waals surface area contributed by atoms with Crippen molar-refractivity contribution in [1.82, 2.24) is 15.1 Å². The molecule has 2 heterocycles. The number of nitrogens with one attached hydrogen (secondary N) is 2. The maximum absolute atomic E-state index is 12.2. The first kappa shape index (κ1) is 18.1. The van der Waals surface area contributed by atoms with Gasteiger partial charge in [-0.05, 0) is 43.3 Å². The number of anilines is 1. The summed E-state index contributed by atoms with van der Waals surface area (Å²) >= 11 is 0. The van der Waals surface area contributed by atoms with Crippen LogP contribution >= 0.6 is 0 Å². The van der Waals surface area contributed by atoms with Crippen molar-refractivity contribution in [3.63, 3.8) is 0 Å². The standard InChI is InChI=1S/C21H23N5O2/c1-21(12-24-13-21)26-20(23-2)17(19(22)27)18(25-26)14-8-10-16(11-9-14)28-15-6-4-3-5-7-15/h3-11,23-24H,12-13H2,1-2H3,(H2,22,27). The molecule has 1 aliphatic rings. The summed E-state index contributed by atoms with van der Waals surface area (Å²) in [6.07, 6.45) is 0. The Balaban J connectivity index is 1.71. The van der Waals surface area contributed by atoms with Crippen LogP contribution < -0.4 is 21.1 Å². The zero-order chi connectivity index (χ0) is 19.7. The number of primary amides is 1. The molecule has 0 atom stereocenters. The minimum atomic E-state index is -0.508. The molecule has 0 unspecified atom stereocenters. The number of rotatable bonds is 6. The second-order valence-electron chi connectivity index (χ2n) is 7.14. The molecule has 28 heavy (non-hydrogen) atoms. The van der Waals surface area contributed by atoms with E-state index in [1.807, 2.05) is 59.3 Å². The second kappa shape index (κ2) is 7.01. The van der Waals surface area contributed by atoms with E-state index >= 15 is 0 Å². The molecule has 1 aromatic heterocycles. The number of para-hydroxylation sites is 1. The van der Waals surface area contributed by atoms with Crippen LogP contribution in [-0.2, 0) is 5.54 Å². The summed E-state index contributed by atoms with van der Waals surface area (Å²) in [7, 11) is 1.77. The molecule has 1 saturated heterocycles. The summed E-state index contributed by atoms with van der Waals surface area (Å²) < 4.78 is 7.71. The molecule has 1 aliphatic heterocycles. The van der Waals surface area contributed by atoms with E-state index in [2.05, 4.69) is 17.6 Å². The minimum absolute atomic E-state index is 0.197. The van der Waals surface area contributed by atoms with Crippen LogP contribution in [0.25, 0.3) is 11.3 Å². The average molecular weight is 377 g/mol. The van der Waals surface area contributed by atoms with Crippen LogP contribution in [-0.4, -0.2) is 35.8 Å². The van der Waals surface area contributed by atoms with Gasteiger partial charge in [0.2, 0.25) is 0 Å². The Morgan fingerprint density at radius 3 is 2.32 bits per heavy atom. The molecule has 1 fully saturated rings. The van der Waals surface area contributed by atoms with Crippen molar-refractivity contribution in [1.29, 1.82) is 0 Å². The van der Waals surface area contributed by atoms with Crippen molar-refractivity contribution in [2.45, 2.75) is 12.5 Å². The van der Waals surface area contributed by atoms with E-state index in [0.717, 1.165) is 24.4 Å². The van der Waals surface area contributed by atoms with Crippen molar-refractivity contribution < 1.29 is 9.53 Å². The molecule has 7 heteroatoms. The molecule has 3 aromatic rings. The lowest BCUT2D eigenvalue weighted by molar-refractivity contribution is 0.100. The SMILES string of the molecule is CNc1c(C(N)=O)c(-c2ccc(Oc3ccccc3)cc2)nn1C1(C)CNC1. The van der Waals surface area contributed by atoms with E-state index in [1.54, 1.807) is 7.05 Å². The third-order valence-corrected chi connectivity index (χ3v) is 5.00. The van der Waals surface area contributed by atoms with Gasteiger partial charge in [-0.15, -0.1) is 0 Å². The second-order valence-corrected chi connectivity index (χ2v) is 7.14. The van der Waals surface area contributed by atoms with Crippen LogP contribution in [0.5, 0.6) is 11.5 Å². The zero-order valence-corrected chi connectivity index (χ0v) is 15.9. The fourth-order valence-corrected chi connectivity index (χ4v) is 3.42. The summed E-state index contributed by atoms with van der Waals surface area (Å²) in [6, 6.07) is 17.1. The van der Waals surface area contributed by atoms with Gasteiger partial charge in [0.25, 0.3) is 5.91 Å². The third-order valence-electron chi connectivity index (χ3n) is 5.00. The van der Waals surface area contributed by atoms with Gasteiger partial charge in [0.1, 0.15) is 28.6 Å². The van der Waals surface area contributed by atoms with Crippen LogP contribution in [0, 0.1) is 0 Å². The fraction of sp³-hybridized carbons (Fsp3) is 0.238. The Bertz CT molecular complexity index is 992. The van der Waals surface area contributed by atoms with Gasteiger partial charge in [0.15, 0.2) is 0 Å². The average Bonchev–Trinajstić information content (AvgIpc) is 3.08. The van der Waals surface area contributed by atoms with Gasteiger partial charge in [-0.3, -0.25) is 4.79 Å². The van der Waals surface area contributed by atoms with Crippen molar-refractivity contribution in [3.8, 4) is 22.8 Å². The quantitative estimate of drug-likeness (QED) is 0.614. The van der Waals surface area contributed by atoms with E-state index in [4.69, 9.17) is 15.6 Å². The van der Waals surface area contributed by atoms with E-state index in [1.165, 1.54) is 0 Å². The molecular formula is C21H23N5O2. The predicted octanol–water partition coefficient (Wildman–Crippen LogP) is 2.80. The van der Waals surface area contributed by atoms with Crippen LogP contribution in [0.2, 0.25) is 0 Å². The number of carbonyl (C=O) groups is 1. The molecule has 7 nitrogen and oxygen atoms in total. The normalized spacial score (nSPS) is 14.9. The molecule has 0 saturated carbocycles. The van der Waals surface area contributed by atoms with Crippen LogP contribution in [0.1, 0.15) is 17.3 Å². The van der Waals surface area contributed by atoms with Crippen molar-refractivity contribution in [3.05, 3.63) is 60.2 Å². The molecule has 144 valence electrons. The van der Waals surface area contributed by atoms with E-state index in [-0.39, 0.29) is 5.54 Å². The Labute approximate surface area is 163 Å². The number of hydrogen-bond acceptors (Lipinski definition) is 5.